The van der Waals surface area contributed by atoms with Gasteiger partial charge in [0.05, 0.1) is 17.7 Å². The summed E-state index contributed by atoms with van der Waals surface area (Å²) >= 11 is 5.24. The minimum absolute atomic E-state index is 0.000956. The van der Waals surface area contributed by atoms with Crippen LogP contribution in [-0.4, -0.2) is 29.8 Å². The number of amides is 1. The molecule has 1 unspecified atom stereocenters. The van der Waals surface area contributed by atoms with Gasteiger partial charge in [-0.2, -0.15) is 5.26 Å². The molecule has 152 valence electrons. The van der Waals surface area contributed by atoms with Crippen molar-refractivity contribution in [2.45, 2.75) is 32.9 Å². The summed E-state index contributed by atoms with van der Waals surface area (Å²) in [5.74, 6) is 1.06. The van der Waals surface area contributed by atoms with E-state index in [1.54, 1.807) is 36.4 Å². The molecule has 2 aromatic rings. The molecule has 0 aliphatic carbocycles. The molecule has 0 aliphatic heterocycles. The second-order valence-electron chi connectivity index (χ2n) is 6.93. The first-order valence-electron chi connectivity index (χ1n) is 9.35. The molecule has 0 bridgehead atoms. The van der Waals surface area contributed by atoms with E-state index in [-0.39, 0.29) is 23.0 Å². The summed E-state index contributed by atoms with van der Waals surface area (Å²) in [7, 11) is 0. The summed E-state index contributed by atoms with van der Waals surface area (Å²) < 4.78 is 11.2. The third-order valence-electron chi connectivity index (χ3n) is 4.05. The first kappa shape index (κ1) is 22.2. The van der Waals surface area contributed by atoms with Crippen molar-refractivity contribution in [3.63, 3.8) is 0 Å². The number of para-hydroxylation sites is 1. The number of carbonyl (C=O) groups is 1. The molecular formula is C22H25N3O3S. The Labute approximate surface area is 176 Å². The zero-order valence-electron chi connectivity index (χ0n) is 16.7. The summed E-state index contributed by atoms with van der Waals surface area (Å²) in [6.07, 6.45) is 0. The Bertz CT molecular complexity index is 848. The van der Waals surface area contributed by atoms with Crippen molar-refractivity contribution < 1.29 is 14.3 Å². The highest BCUT2D eigenvalue weighted by atomic mass is 32.1. The Hall–Kier alpha value is -3.11. The molecule has 0 spiro atoms. The van der Waals surface area contributed by atoms with E-state index in [1.165, 1.54) is 0 Å². The molecule has 0 aromatic heterocycles. The van der Waals surface area contributed by atoms with Gasteiger partial charge in [-0.15, -0.1) is 0 Å². The normalized spacial score (nSPS) is 12.4. The van der Waals surface area contributed by atoms with E-state index in [9.17, 15) is 4.79 Å². The van der Waals surface area contributed by atoms with E-state index in [1.807, 2.05) is 39.0 Å². The van der Waals surface area contributed by atoms with Crippen LogP contribution in [0.2, 0.25) is 0 Å². The lowest BCUT2D eigenvalue weighted by Gasteiger charge is -2.25. The van der Waals surface area contributed by atoms with Gasteiger partial charge in [-0.1, -0.05) is 32.0 Å². The van der Waals surface area contributed by atoms with E-state index in [4.69, 9.17) is 27.0 Å². The topological polar surface area (TPSA) is 83.4 Å². The fourth-order valence-corrected chi connectivity index (χ4v) is 2.73. The molecule has 0 fully saturated rings. The Balaban J connectivity index is 1.85. The molecular weight excluding hydrogens is 386 g/mol. The maximum atomic E-state index is 12.7. The lowest BCUT2D eigenvalue weighted by Crippen LogP contribution is -2.53. The van der Waals surface area contributed by atoms with Gasteiger partial charge in [-0.25, -0.2) is 0 Å². The minimum atomic E-state index is -0.538. The highest BCUT2D eigenvalue weighted by Crippen LogP contribution is 2.12. The van der Waals surface area contributed by atoms with Gasteiger partial charge in [0.25, 0.3) is 5.17 Å². The van der Waals surface area contributed by atoms with Crippen molar-refractivity contribution in [3.05, 3.63) is 60.2 Å². The van der Waals surface area contributed by atoms with Crippen molar-refractivity contribution in [2.24, 2.45) is 5.92 Å². The van der Waals surface area contributed by atoms with Gasteiger partial charge >= 0.3 is 0 Å². The first-order valence-corrected chi connectivity index (χ1v) is 9.76. The lowest BCUT2D eigenvalue weighted by atomic mass is 10.0. The Morgan fingerprint density at radius 3 is 2.28 bits per heavy atom. The van der Waals surface area contributed by atoms with E-state index in [0.29, 0.717) is 23.7 Å². The molecule has 0 radical (unpaired) electrons. The molecule has 2 atom stereocenters. The standard InChI is InChI=1S/C22H25N3O3S/c1-15(2)20(25-22(29)28-19-7-5-4-6-8-19)21(26)24-16(3)14-27-18-11-9-17(13-23)10-12-18/h4-12,15-16,20H,14H2,1-3H3,(H,24,26)(H,25,29)/t16?,20-/m0/s1. The van der Waals surface area contributed by atoms with E-state index in [2.05, 4.69) is 16.7 Å². The van der Waals surface area contributed by atoms with Crippen LogP contribution in [0.1, 0.15) is 26.3 Å². The average Bonchev–Trinajstić information content (AvgIpc) is 2.71. The predicted molar refractivity (Wildman–Crippen MR) is 116 cm³/mol. The van der Waals surface area contributed by atoms with Gasteiger partial charge in [0.1, 0.15) is 24.1 Å². The molecule has 2 rings (SSSR count). The number of rotatable bonds is 8. The minimum Gasteiger partial charge on any atom is -0.491 e. The third-order valence-corrected chi connectivity index (χ3v) is 4.25. The van der Waals surface area contributed by atoms with Crippen molar-refractivity contribution in [3.8, 4) is 17.6 Å². The fraction of sp³-hybridized carbons (Fsp3) is 0.318. The summed E-state index contributed by atoms with van der Waals surface area (Å²) in [6, 6.07) is 17.3. The van der Waals surface area contributed by atoms with Crippen molar-refractivity contribution >= 4 is 23.3 Å². The number of thiocarbonyl (C=S) groups is 1. The van der Waals surface area contributed by atoms with Crippen LogP contribution in [0.3, 0.4) is 0 Å². The predicted octanol–water partition coefficient (Wildman–Crippen LogP) is 3.42. The molecule has 0 heterocycles. The summed E-state index contributed by atoms with van der Waals surface area (Å²) in [5.41, 5.74) is 0.568. The van der Waals surface area contributed by atoms with Gasteiger partial charge in [-0.05, 0) is 61.5 Å². The number of hydrogen-bond donors (Lipinski definition) is 2. The summed E-state index contributed by atoms with van der Waals surface area (Å²) in [4.78, 5) is 12.7. The van der Waals surface area contributed by atoms with E-state index >= 15 is 0 Å². The Morgan fingerprint density at radius 2 is 1.69 bits per heavy atom. The molecule has 0 aliphatic rings. The second-order valence-corrected chi connectivity index (χ2v) is 7.30. The fourth-order valence-electron chi connectivity index (χ4n) is 2.51. The molecule has 0 saturated heterocycles. The molecule has 7 heteroatoms. The zero-order chi connectivity index (χ0) is 21.2. The van der Waals surface area contributed by atoms with Gasteiger partial charge < -0.3 is 20.1 Å². The summed E-state index contributed by atoms with van der Waals surface area (Å²) in [6.45, 7) is 6.02. The number of nitriles is 1. The van der Waals surface area contributed by atoms with Crippen molar-refractivity contribution in [1.29, 1.82) is 5.26 Å². The molecule has 1 amide bonds. The number of carbonyl (C=O) groups excluding carboxylic acids is 1. The van der Waals surface area contributed by atoms with Crippen LogP contribution in [0.25, 0.3) is 0 Å². The summed E-state index contributed by atoms with van der Waals surface area (Å²) in [5, 5.41) is 14.9. The van der Waals surface area contributed by atoms with Crippen molar-refractivity contribution in [2.75, 3.05) is 6.61 Å². The maximum Gasteiger partial charge on any atom is 0.262 e. The van der Waals surface area contributed by atoms with Crippen LogP contribution in [0.5, 0.6) is 11.5 Å². The highest BCUT2D eigenvalue weighted by molar-refractivity contribution is 7.80. The maximum absolute atomic E-state index is 12.7. The van der Waals surface area contributed by atoms with Crippen LogP contribution in [0.15, 0.2) is 54.6 Å². The van der Waals surface area contributed by atoms with Crippen LogP contribution < -0.4 is 20.1 Å². The SMILES string of the molecule is CC(COc1ccc(C#N)cc1)NC(=O)[C@@H](NC(=S)Oc1ccccc1)C(C)C. The second kappa shape index (κ2) is 11.0. The van der Waals surface area contributed by atoms with Crippen LogP contribution in [0.4, 0.5) is 0 Å². The smallest absolute Gasteiger partial charge is 0.262 e. The van der Waals surface area contributed by atoms with Gasteiger partial charge in [0.15, 0.2) is 0 Å². The average molecular weight is 412 g/mol. The van der Waals surface area contributed by atoms with Gasteiger partial charge in [0.2, 0.25) is 5.91 Å². The van der Waals surface area contributed by atoms with Crippen LogP contribution in [0, 0.1) is 17.2 Å². The monoisotopic (exact) mass is 411 g/mol. The van der Waals surface area contributed by atoms with E-state index < -0.39 is 6.04 Å². The molecule has 0 saturated carbocycles. The molecule has 29 heavy (non-hydrogen) atoms. The largest absolute Gasteiger partial charge is 0.491 e. The Morgan fingerprint density at radius 1 is 1.03 bits per heavy atom. The number of benzene rings is 2. The van der Waals surface area contributed by atoms with Gasteiger partial charge in [0, 0.05) is 0 Å². The molecule has 2 aromatic carbocycles. The number of hydrogen-bond acceptors (Lipinski definition) is 5. The highest BCUT2D eigenvalue weighted by Gasteiger charge is 2.25. The number of ether oxygens (including phenoxy) is 2. The molecule has 2 N–H and O–H groups in total. The van der Waals surface area contributed by atoms with Gasteiger partial charge in [-0.3, -0.25) is 4.79 Å². The zero-order valence-corrected chi connectivity index (χ0v) is 17.5. The quantitative estimate of drug-likeness (QED) is 0.648. The first-order chi connectivity index (χ1) is 13.9. The van der Waals surface area contributed by atoms with Crippen molar-refractivity contribution in [1.82, 2.24) is 10.6 Å². The number of nitrogens with one attached hydrogen (secondary N) is 2. The lowest BCUT2D eigenvalue weighted by molar-refractivity contribution is -0.124. The molecule has 6 nitrogen and oxygen atoms in total. The number of nitrogens with zero attached hydrogens (tertiary/aromatic N) is 1. The Kier molecular flexibility index (Phi) is 8.44. The van der Waals surface area contributed by atoms with Crippen LogP contribution in [-0.2, 0) is 4.79 Å². The third kappa shape index (κ3) is 7.43. The van der Waals surface area contributed by atoms with E-state index in [0.717, 1.165) is 0 Å². The van der Waals surface area contributed by atoms with Crippen LogP contribution >= 0.6 is 12.2 Å².